The Hall–Kier alpha value is -2.02. The average Bonchev–Trinajstić information content (AvgIpc) is 3.22. The Morgan fingerprint density at radius 2 is 2.30 bits per heavy atom. The molecule has 1 amide bonds. The number of benzene rings is 1. The zero-order valence-electron chi connectivity index (χ0n) is 13.1. The number of hydrogen-bond donors (Lipinski definition) is 1. The van der Waals surface area contributed by atoms with Crippen LogP contribution in [-0.4, -0.2) is 27.4 Å². The summed E-state index contributed by atoms with van der Waals surface area (Å²) in [6.07, 6.45) is 2.15. The third-order valence-corrected chi connectivity index (χ3v) is 4.30. The van der Waals surface area contributed by atoms with E-state index in [-0.39, 0.29) is 17.8 Å². The molecular weight excluding hydrogens is 314 g/mol. The topological polar surface area (TPSA) is 77.2 Å². The monoisotopic (exact) mass is 333 g/mol. The van der Waals surface area contributed by atoms with Crippen LogP contribution in [0.5, 0.6) is 5.75 Å². The summed E-state index contributed by atoms with van der Waals surface area (Å²) < 4.78 is 11.1. The second kappa shape index (κ2) is 7.04. The maximum absolute atomic E-state index is 11.9. The van der Waals surface area contributed by atoms with Crippen molar-refractivity contribution in [2.24, 2.45) is 0 Å². The van der Waals surface area contributed by atoms with Crippen molar-refractivity contribution < 1.29 is 13.9 Å². The molecule has 0 bridgehead atoms. The first-order valence-electron chi connectivity index (χ1n) is 7.59. The van der Waals surface area contributed by atoms with Gasteiger partial charge in [-0.15, -0.1) is 10.2 Å². The third-order valence-electron chi connectivity index (χ3n) is 3.37. The number of nitrogens with one attached hydrogen (secondary N) is 1. The number of ether oxygens (including phenoxy) is 1. The summed E-state index contributed by atoms with van der Waals surface area (Å²) in [4.78, 5) is 11.9. The molecule has 122 valence electrons. The molecule has 1 saturated carbocycles. The van der Waals surface area contributed by atoms with E-state index in [1.165, 1.54) is 11.8 Å². The summed E-state index contributed by atoms with van der Waals surface area (Å²) >= 11 is 1.26. The second-order valence-corrected chi connectivity index (χ2v) is 6.90. The number of amides is 1. The van der Waals surface area contributed by atoms with Crippen LogP contribution in [0.2, 0.25) is 0 Å². The Kier molecular flexibility index (Phi) is 4.85. The Morgan fingerprint density at radius 1 is 1.48 bits per heavy atom. The van der Waals surface area contributed by atoms with Gasteiger partial charge < -0.3 is 14.5 Å². The van der Waals surface area contributed by atoms with Crippen molar-refractivity contribution in [2.75, 3.05) is 0 Å². The van der Waals surface area contributed by atoms with Crippen molar-refractivity contribution >= 4 is 17.7 Å². The third kappa shape index (κ3) is 4.72. The highest BCUT2D eigenvalue weighted by Gasteiger charge is 2.26. The summed E-state index contributed by atoms with van der Waals surface area (Å²) in [6, 6.07) is 8.11. The lowest BCUT2D eigenvalue weighted by atomic mass is 10.2. The minimum atomic E-state index is -0.262. The lowest BCUT2D eigenvalue weighted by Gasteiger charge is -2.08. The number of carbonyl (C=O) groups excluding carboxylic acids is 1. The van der Waals surface area contributed by atoms with Crippen LogP contribution in [0.4, 0.5) is 0 Å². The first-order chi connectivity index (χ1) is 11.1. The van der Waals surface area contributed by atoms with Crippen LogP contribution in [0, 0.1) is 6.92 Å². The first kappa shape index (κ1) is 15.9. The van der Waals surface area contributed by atoms with Crippen LogP contribution < -0.4 is 10.1 Å². The minimum Gasteiger partial charge on any atom is -0.484 e. The molecule has 1 atom stereocenters. The van der Waals surface area contributed by atoms with Crippen LogP contribution in [-0.2, 0) is 11.4 Å². The molecule has 1 heterocycles. The second-order valence-electron chi connectivity index (χ2n) is 5.61. The van der Waals surface area contributed by atoms with Gasteiger partial charge in [0.25, 0.3) is 11.1 Å². The molecule has 1 aliphatic rings. The molecule has 0 spiro atoms. The fourth-order valence-corrected chi connectivity index (χ4v) is 2.66. The van der Waals surface area contributed by atoms with Gasteiger partial charge >= 0.3 is 0 Å². The van der Waals surface area contributed by atoms with Gasteiger partial charge in [0, 0.05) is 6.04 Å². The molecule has 1 aliphatic carbocycles. The van der Waals surface area contributed by atoms with Crippen LogP contribution in [0.3, 0.4) is 0 Å². The van der Waals surface area contributed by atoms with E-state index < -0.39 is 0 Å². The summed E-state index contributed by atoms with van der Waals surface area (Å²) in [7, 11) is 0. The average molecular weight is 333 g/mol. The van der Waals surface area contributed by atoms with Crippen molar-refractivity contribution in [2.45, 2.75) is 49.8 Å². The van der Waals surface area contributed by atoms with E-state index in [0.29, 0.717) is 17.2 Å². The van der Waals surface area contributed by atoms with Gasteiger partial charge in [0.05, 0.1) is 5.25 Å². The van der Waals surface area contributed by atoms with Crippen molar-refractivity contribution in [1.29, 1.82) is 0 Å². The first-order valence-corrected chi connectivity index (χ1v) is 8.47. The van der Waals surface area contributed by atoms with Crippen LogP contribution in [0.1, 0.15) is 31.2 Å². The summed E-state index contributed by atoms with van der Waals surface area (Å²) in [5.41, 5.74) is 1.12. The fourth-order valence-electron chi connectivity index (χ4n) is 1.95. The number of carbonyl (C=O) groups is 1. The van der Waals surface area contributed by atoms with Crippen LogP contribution in [0.15, 0.2) is 33.9 Å². The summed E-state index contributed by atoms with van der Waals surface area (Å²) in [6.45, 7) is 4.04. The Balaban J connectivity index is 1.50. The minimum absolute atomic E-state index is 0.00765. The SMILES string of the molecule is Cc1cccc(OCc2nnc(SC(C)C(=O)NC3CC3)o2)c1. The fraction of sp³-hybridized carbons (Fsp3) is 0.438. The normalized spacial score (nSPS) is 15.2. The highest BCUT2D eigenvalue weighted by molar-refractivity contribution is 8.00. The van der Waals surface area contributed by atoms with Crippen molar-refractivity contribution in [3.8, 4) is 5.75 Å². The van der Waals surface area contributed by atoms with Crippen molar-refractivity contribution in [3.63, 3.8) is 0 Å². The molecule has 23 heavy (non-hydrogen) atoms. The molecule has 1 N–H and O–H groups in total. The number of thioether (sulfide) groups is 1. The van der Waals surface area contributed by atoms with Crippen LogP contribution >= 0.6 is 11.8 Å². The Bertz CT molecular complexity index is 685. The maximum Gasteiger partial charge on any atom is 0.277 e. The predicted molar refractivity (Wildman–Crippen MR) is 86.3 cm³/mol. The quantitative estimate of drug-likeness (QED) is 0.785. The molecule has 2 aromatic rings. The van der Waals surface area contributed by atoms with E-state index in [1.54, 1.807) is 0 Å². The molecule has 3 rings (SSSR count). The van der Waals surface area contributed by atoms with Gasteiger partial charge in [-0.3, -0.25) is 4.79 Å². The summed E-state index contributed by atoms with van der Waals surface area (Å²) in [5.74, 6) is 1.16. The highest BCUT2D eigenvalue weighted by atomic mass is 32.2. The van der Waals surface area contributed by atoms with Gasteiger partial charge in [0.2, 0.25) is 5.91 Å². The largest absolute Gasteiger partial charge is 0.484 e. The van der Waals surface area contributed by atoms with Gasteiger partial charge in [-0.05, 0) is 44.4 Å². The smallest absolute Gasteiger partial charge is 0.277 e. The van der Waals surface area contributed by atoms with Gasteiger partial charge in [-0.25, -0.2) is 0 Å². The highest BCUT2D eigenvalue weighted by Crippen LogP contribution is 2.24. The molecular formula is C16H19N3O3S. The molecule has 7 heteroatoms. The van der Waals surface area contributed by atoms with Crippen molar-refractivity contribution in [1.82, 2.24) is 15.5 Å². The van der Waals surface area contributed by atoms with Crippen LogP contribution in [0.25, 0.3) is 0 Å². The van der Waals surface area contributed by atoms with E-state index in [1.807, 2.05) is 38.1 Å². The molecule has 6 nitrogen and oxygen atoms in total. The molecule has 0 aliphatic heterocycles. The number of aryl methyl sites for hydroxylation is 1. The molecule has 1 aromatic heterocycles. The number of rotatable bonds is 7. The van der Waals surface area contributed by atoms with Gasteiger partial charge in [0.15, 0.2) is 6.61 Å². The number of nitrogens with zero attached hydrogens (tertiary/aromatic N) is 2. The lowest BCUT2D eigenvalue weighted by Crippen LogP contribution is -2.32. The van der Waals surface area contributed by atoms with E-state index >= 15 is 0 Å². The molecule has 0 radical (unpaired) electrons. The maximum atomic E-state index is 11.9. The van der Waals surface area contributed by atoms with E-state index in [4.69, 9.17) is 9.15 Å². The molecule has 1 unspecified atom stereocenters. The zero-order chi connectivity index (χ0) is 16.2. The lowest BCUT2D eigenvalue weighted by molar-refractivity contribution is -0.120. The number of hydrogen-bond acceptors (Lipinski definition) is 6. The van der Waals surface area contributed by atoms with Gasteiger partial charge in [-0.2, -0.15) is 0 Å². The standard InChI is InChI=1S/C16H19N3O3S/c1-10-4-3-5-13(8-10)21-9-14-18-19-16(22-14)23-11(2)15(20)17-12-6-7-12/h3-5,8,11-12H,6-7,9H2,1-2H3,(H,17,20). The molecule has 0 saturated heterocycles. The Morgan fingerprint density at radius 3 is 3.04 bits per heavy atom. The summed E-state index contributed by atoms with van der Waals surface area (Å²) in [5, 5.41) is 11.0. The molecule has 1 fully saturated rings. The Labute approximate surface area is 139 Å². The predicted octanol–water partition coefficient (Wildman–Crippen LogP) is 2.72. The van der Waals surface area contributed by atoms with Gasteiger partial charge in [-0.1, -0.05) is 23.9 Å². The molecule has 1 aromatic carbocycles. The van der Waals surface area contributed by atoms with E-state index in [0.717, 1.165) is 24.2 Å². The zero-order valence-corrected chi connectivity index (χ0v) is 13.9. The van der Waals surface area contributed by atoms with E-state index in [9.17, 15) is 4.79 Å². The van der Waals surface area contributed by atoms with Gasteiger partial charge in [0.1, 0.15) is 5.75 Å². The van der Waals surface area contributed by atoms with E-state index in [2.05, 4.69) is 15.5 Å². The van der Waals surface area contributed by atoms with Crippen molar-refractivity contribution in [3.05, 3.63) is 35.7 Å². The number of aromatic nitrogens is 2.